The Balaban J connectivity index is 1.82. The summed E-state index contributed by atoms with van der Waals surface area (Å²) in [6.07, 6.45) is 0.973. The summed E-state index contributed by atoms with van der Waals surface area (Å²) < 4.78 is 29.6. The van der Waals surface area contributed by atoms with Gasteiger partial charge in [0.15, 0.2) is 0 Å². The molecule has 236 valence electrons. The minimum atomic E-state index is -4.19. The Morgan fingerprint density at radius 2 is 1.44 bits per heavy atom. The third-order valence-corrected chi connectivity index (χ3v) is 9.79. The van der Waals surface area contributed by atoms with Gasteiger partial charge in [0.25, 0.3) is 10.0 Å². The van der Waals surface area contributed by atoms with E-state index in [9.17, 15) is 18.0 Å². The lowest BCUT2D eigenvalue weighted by molar-refractivity contribution is -0.140. The molecule has 2 amide bonds. The number of amides is 2. The number of hydrogen-bond donors (Lipinski definition) is 1. The van der Waals surface area contributed by atoms with E-state index in [4.69, 9.17) is 11.6 Å². The van der Waals surface area contributed by atoms with Crippen molar-refractivity contribution in [2.75, 3.05) is 10.8 Å². The number of hydrogen-bond acceptors (Lipinski definition) is 4. The predicted octanol–water partition coefficient (Wildman–Crippen LogP) is 6.71. The van der Waals surface area contributed by atoms with Crippen molar-refractivity contribution in [1.29, 1.82) is 0 Å². The maximum atomic E-state index is 14.5. The number of anilines is 1. The molecular formula is C36H40ClN3O4S. The molecule has 0 saturated carbocycles. The molecule has 0 aliphatic heterocycles. The first kappa shape index (κ1) is 33.7. The minimum Gasteiger partial charge on any atom is -0.352 e. The van der Waals surface area contributed by atoms with Crippen molar-refractivity contribution in [1.82, 2.24) is 10.2 Å². The van der Waals surface area contributed by atoms with Gasteiger partial charge in [0.05, 0.1) is 10.6 Å². The van der Waals surface area contributed by atoms with Crippen molar-refractivity contribution in [3.8, 4) is 0 Å². The Bertz CT molecular complexity index is 1700. The number of carbonyl (C=O) groups excluding carboxylic acids is 2. The SMILES string of the molecule is CC[C@@H](C)NC(=O)[C@H](Cc1ccccc1)N(Cc1ccccc1)C(=O)CN(c1ccc(Cl)cc1C)S(=O)(=O)c1ccc(C)cc1. The monoisotopic (exact) mass is 645 g/mol. The van der Waals surface area contributed by atoms with Crippen LogP contribution in [0.5, 0.6) is 0 Å². The quantitative estimate of drug-likeness (QED) is 0.175. The van der Waals surface area contributed by atoms with Gasteiger partial charge in [-0.1, -0.05) is 96.9 Å². The maximum absolute atomic E-state index is 14.5. The van der Waals surface area contributed by atoms with Gasteiger partial charge in [0.1, 0.15) is 12.6 Å². The van der Waals surface area contributed by atoms with Gasteiger partial charge in [-0.05, 0) is 74.2 Å². The lowest BCUT2D eigenvalue weighted by Crippen LogP contribution is -2.54. The van der Waals surface area contributed by atoms with Gasteiger partial charge in [-0.3, -0.25) is 13.9 Å². The summed E-state index contributed by atoms with van der Waals surface area (Å²) in [5.41, 5.74) is 3.53. The summed E-state index contributed by atoms with van der Waals surface area (Å²) in [6, 6.07) is 29.3. The van der Waals surface area contributed by atoms with Crippen LogP contribution < -0.4 is 9.62 Å². The second-order valence-corrected chi connectivity index (χ2v) is 13.6. The van der Waals surface area contributed by atoms with Crippen molar-refractivity contribution in [2.24, 2.45) is 0 Å². The lowest BCUT2D eigenvalue weighted by atomic mass is 10.0. The molecule has 9 heteroatoms. The highest BCUT2D eigenvalue weighted by Gasteiger charge is 2.35. The molecule has 1 N–H and O–H groups in total. The molecule has 7 nitrogen and oxygen atoms in total. The predicted molar refractivity (Wildman–Crippen MR) is 181 cm³/mol. The first-order chi connectivity index (χ1) is 21.5. The van der Waals surface area contributed by atoms with Crippen molar-refractivity contribution in [3.63, 3.8) is 0 Å². The molecule has 2 atom stereocenters. The van der Waals surface area contributed by atoms with Crippen molar-refractivity contribution < 1.29 is 18.0 Å². The number of nitrogens with zero attached hydrogens (tertiary/aromatic N) is 2. The first-order valence-corrected chi connectivity index (χ1v) is 16.8. The van der Waals surface area contributed by atoms with Gasteiger partial charge in [0, 0.05) is 24.0 Å². The Kier molecular flexibility index (Phi) is 11.4. The number of rotatable bonds is 13. The molecule has 0 spiro atoms. The van der Waals surface area contributed by atoms with Gasteiger partial charge in [-0.15, -0.1) is 0 Å². The van der Waals surface area contributed by atoms with Crippen LogP contribution in [0.2, 0.25) is 5.02 Å². The molecule has 0 aliphatic carbocycles. The molecule has 0 aromatic heterocycles. The van der Waals surface area contributed by atoms with E-state index in [0.717, 1.165) is 27.4 Å². The van der Waals surface area contributed by atoms with E-state index in [1.807, 2.05) is 81.4 Å². The van der Waals surface area contributed by atoms with Gasteiger partial charge in [0.2, 0.25) is 11.8 Å². The number of nitrogens with one attached hydrogen (secondary N) is 1. The van der Waals surface area contributed by atoms with Crippen LogP contribution in [-0.4, -0.2) is 43.8 Å². The molecule has 4 aromatic carbocycles. The van der Waals surface area contributed by atoms with Crippen LogP contribution in [0.3, 0.4) is 0 Å². The highest BCUT2D eigenvalue weighted by molar-refractivity contribution is 7.92. The molecule has 0 bridgehead atoms. The van der Waals surface area contributed by atoms with Crippen molar-refractivity contribution in [3.05, 3.63) is 130 Å². The van der Waals surface area contributed by atoms with Gasteiger partial charge < -0.3 is 10.2 Å². The first-order valence-electron chi connectivity index (χ1n) is 15.0. The topological polar surface area (TPSA) is 86.8 Å². The van der Waals surface area contributed by atoms with Crippen LogP contribution >= 0.6 is 11.6 Å². The number of carbonyl (C=O) groups is 2. The molecule has 0 saturated heterocycles. The Morgan fingerprint density at radius 3 is 2.02 bits per heavy atom. The number of aryl methyl sites for hydroxylation is 2. The molecule has 45 heavy (non-hydrogen) atoms. The molecule has 0 radical (unpaired) electrons. The fourth-order valence-corrected chi connectivity index (χ4v) is 6.73. The van der Waals surface area contributed by atoms with E-state index >= 15 is 0 Å². The summed E-state index contributed by atoms with van der Waals surface area (Å²) in [4.78, 5) is 30.0. The summed E-state index contributed by atoms with van der Waals surface area (Å²) >= 11 is 6.24. The molecular weight excluding hydrogens is 606 g/mol. The Labute approximate surface area is 271 Å². The summed E-state index contributed by atoms with van der Waals surface area (Å²) in [5.74, 6) is -0.808. The number of sulfonamides is 1. The van der Waals surface area contributed by atoms with E-state index in [-0.39, 0.29) is 29.8 Å². The van der Waals surface area contributed by atoms with Gasteiger partial charge >= 0.3 is 0 Å². The highest BCUT2D eigenvalue weighted by Crippen LogP contribution is 2.30. The average molecular weight is 646 g/mol. The normalized spacial score (nSPS) is 12.6. The third kappa shape index (κ3) is 8.74. The summed E-state index contributed by atoms with van der Waals surface area (Å²) in [7, 11) is -4.19. The van der Waals surface area contributed by atoms with Gasteiger partial charge in [-0.2, -0.15) is 0 Å². The van der Waals surface area contributed by atoms with E-state index in [1.54, 1.807) is 37.3 Å². The lowest BCUT2D eigenvalue weighted by Gasteiger charge is -2.34. The van der Waals surface area contributed by atoms with Crippen LogP contribution in [0.1, 0.15) is 42.5 Å². The van der Waals surface area contributed by atoms with Crippen LogP contribution in [0.4, 0.5) is 5.69 Å². The fraction of sp³-hybridized carbons (Fsp3) is 0.278. The Hall–Kier alpha value is -4.14. The van der Waals surface area contributed by atoms with Crippen molar-refractivity contribution in [2.45, 2.75) is 64.1 Å². The van der Waals surface area contributed by atoms with Crippen LogP contribution in [-0.2, 0) is 32.6 Å². The second-order valence-electron chi connectivity index (χ2n) is 11.3. The highest BCUT2D eigenvalue weighted by atomic mass is 35.5. The second kappa shape index (κ2) is 15.2. The van der Waals surface area contributed by atoms with Gasteiger partial charge in [-0.25, -0.2) is 8.42 Å². The zero-order valence-electron chi connectivity index (χ0n) is 26.1. The standard InChI is InChI=1S/C36H40ClN3O4S/c1-5-28(4)38-36(42)34(23-29-12-8-6-9-13-29)39(24-30-14-10-7-11-15-30)35(41)25-40(33-21-18-31(37)22-27(33)3)45(43,44)32-19-16-26(2)17-20-32/h6-22,28,34H,5,23-25H2,1-4H3,(H,38,42)/t28-,34+/m1/s1. The smallest absolute Gasteiger partial charge is 0.264 e. The third-order valence-electron chi connectivity index (χ3n) is 7.78. The zero-order valence-corrected chi connectivity index (χ0v) is 27.7. The summed E-state index contributed by atoms with van der Waals surface area (Å²) in [6.45, 7) is 7.12. The number of benzene rings is 4. The largest absolute Gasteiger partial charge is 0.352 e. The van der Waals surface area contributed by atoms with E-state index < -0.39 is 28.5 Å². The molecule has 0 aliphatic rings. The van der Waals surface area contributed by atoms with E-state index in [2.05, 4.69) is 5.32 Å². The average Bonchev–Trinajstić information content (AvgIpc) is 3.02. The molecule has 0 heterocycles. The van der Waals surface area contributed by atoms with Crippen LogP contribution in [0.15, 0.2) is 108 Å². The van der Waals surface area contributed by atoms with Crippen LogP contribution in [0, 0.1) is 13.8 Å². The molecule has 0 unspecified atom stereocenters. The summed E-state index contributed by atoms with van der Waals surface area (Å²) in [5, 5.41) is 3.50. The molecule has 0 fully saturated rings. The molecule has 4 rings (SSSR count). The van der Waals surface area contributed by atoms with Crippen molar-refractivity contribution >= 4 is 39.1 Å². The maximum Gasteiger partial charge on any atom is 0.264 e. The van der Waals surface area contributed by atoms with E-state index in [1.165, 1.54) is 17.0 Å². The minimum absolute atomic E-state index is 0.0557. The van der Waals surface area contributed by atoms with Crippen LogP contribution in [0.25, 0.3) is 0 Å². The zero-order chi connectivity index (χ0) is 32.6. The number of halogens is 1. The van der Waals surface area contributed by atoms with E-state index in [0.29, 0.717) is 16.3 Å². The molecule has 4 aromatic rings. The fourth-order valence-electron chi connectivity index (χ4n) is 5.02. The Morgan fingerprint density at radius 1 is 0.844 bits per heavy atom.